The first-order chi connectivity index (χ1) is 18.4. The summed E-state index contributed by atoms with van der Waals surface area (Å²) in [5.41, 5.74) is 4.40. The fourth-order valence-electron chi connectivity index (χ4n) is 5.71. The van der Waals surface area contributed by atoms with Crippen molar-refractivity contribution in [3.05, 3.63) is 52.6 Å². The van der Waals surface area contributed by atoms with Crippen molar-refractivity contribution < 1.29 is 19.0 Å². The highest BCUT2D eigenvalue weighted by atomic mass is 16.5. The fourth-order valence-corrected chi connectivity index (χ4v) is 5.71. The number of nitrogens with zero attached hydrogens (tertiary/aromatic N) is 2. The van der Waals surface area contributed by atoms with Crippen molar-refractivity contribution >= 4 is 5.91 Å². The largest absolute Gasteiger partial charge is 0.497 e. The van der Waals surface area contributed by atoms with Gasteiger partial charge in [0.2, 0.25) is 0 Å². The van der Waals surface area contributed by atoms with Gasteiger partial charge in [0.25, 0.3) is 5.91 Å². The molecular formula is C31H45N3O4. The zero-order valence-corrected chi connectivity index (χ0v) is 23.8. The van der Waals surface area contributed by atoms with E-state index in [0.717, 1.165) is 38.3 Å². The molecule has 38 heavy (non-hydrogen) atoms. The molecule has 2 aromatic rings. The summed E-state index contributed by atoms with van der Waals surface area (Å²) in [6, 6.07) is 9.99. The number of benzene rings is 2. The Morgan fingerprint density at radius 1 is 1.00 bits per heavy atom. The normalized spacial score (nSPS) is 18.9. The minimum absolute atomic E-state index is 0.101. The third kappa shape index (κ3) is 7.00. The van der Waals surface area contributed by atoms with Crippen LogP contribution in [0.3, 0.4) is 0 Å². The molecule has 0 saturated carbocycles. The number of hydrogen-bond donors (Lipinski definition) is 1. The van der Waals surface area contributed by atoms with Crippen molar-refractivity contribution in [3.8, 4) is 17.2 Å². The van der Waals surface area contributed by atoms with E-state index in [1.165, 1.54) is 55.6 Å². The van der Waals surface area contributed by atoms with Crippen LogP contribution in [0.25, 0.3) is 0 Å². The number of nitrogens with one attached hydrogen (secondary N) is 1. The number of amides is 1. The van der Waals surface area contributed by atoms with Crippen LogP contribution in [0.5, 0.6) is 17.2 Å². The van der Waals surface area contributed by atoms with Gasteiger partial charge in [-0.2, -0.15) is 0 Å². The maximum atomic E-state index is 13.0. The summed E-state index contributed by atoms with van der Waals surface area (Å²) >= 11 is 0. The number of carbonyl (C=O) groups is 1. The average molecular weight is 524 g/mol. The Bertz CT molecular complexity index is 1060. The Kier molecular flexibility index (Phi) is 9.91. The summed E-state index contributed by atoms with van der Waals surface area (Å²) < 4.78 is 16.8. The molecule has 1 unspecified atom stereocenters. The van der Waals surface area contributed by atoms with Crippen molar-refractivity contribution in [3.63, 3.8) is 0 Å². The van der Waals surface area contributed by atoms with Crippen LogP contribution in [0.1, 0.15) is 72.1 Å². The highest BCUT2D eigenvalue weighted by molar-refractivity contribution is 5.95. The zero-order valence-electron chi connectivity index (χ0n) is 23.8. The van der Waals surface area contributed by atoms with E-state index < -0.39 is 0 Å². The molecule has 2 fully saturated rings. The van der Waals surface area contributed by atoms with Crippen molar-refractivity contribution in [2.75, 3.05) is 53.6 Å². The van der Waals surface area contributed by atoms with Gasteiger partial charge >= 0.3 is 0 Å². The maximum absolute atomic E-state index is 13.0. The fraction of sp³-hybridized carbons (Fsp3) is 0.581. The predicted molar refractivity (Wildman–Crippen MR) is 152 cm³/mol. The maximum Gasteiger partial charge on any atom is 0.251 e. The average Bonchev–Trinajstić information content (AvgIpc) is 3.62. The first kappa shape index (κ1) is 28.2. The van der Waals surface area contributed by atoms with E-state index in [1.807, 2.05) is 0 Å². The van der Waals surface area contributed by atoms with E-state index in [-0.39, 0.29) is 18.0 Å². The van der Waals surface area contributed by atoms with E-state index in [9.17, 15) is 4.79 Å². The third-order valence-corrected chi connectivity index (χ3v) is 8.27. The first-order valence-electron chi connectivity index (χ1n) is 14.1. The lowest BCUT2D eigenvalue weighted by molar-refractivity contribution is 0.0935. The second-order valence-corrected chi connectivity index (χ2v) is 10.7. The molecule has 0 spiro atoms. The van der Waals surface area contributed by atoms with Crippen molar-refractivity contribution in [1.82, 2.24) is 15.1 Å². The standard InChI is InChI=1S/C31H45N3O4/c1-22-23(2)30(38-17-9-8-15-33-13-6-7-14-33)11-10-29(22)24(3)34-16-12-26(21-34)32-31(35)25-18-27(36-4)20-28(19-25)37-5/h10-11,18-20,24,26H,6-9,12-17,21H2,1-5H3,(H,32,35)/t24?,26-/m1/s1. The summed E-state index contributed by atoms with van der Waals surface area (Å²) in [6.45, 7) is 12.9. The molecule has 2 heterocycles. The van der Waals surface area contributed by atoms with Gasteiger partial charge in [-0.15, -0.1) is 0 Å². The van der Waals surface area contributed by atoms with E-state index in [4.69, 9.17) is 14.2 Å². The first-order valence-corrected chi connectivity index (χ1v) is 14.1. The molecule has 2 aliphatic heterocycles. The van der Waals surface area contributed by atoms with E-state index in [0.29, 0.717) is 17.1 Å². The summed E-state index contributed by atoms with van der Waals surface area (Å²) in [5, 5.41) is 3.21. The van der Waals surface area contributed by atoms with Crippen LogP contribution in [0.2, 0.25) is 0 Å². The van der Waals surface area contributed by atoms with Gasteiger partial charge in [0.1, 0.15) is 17.2 Å². The molecule has 1 N–H and O–H groups in total. The highest BCUT2D eigenvalue weighted by Crippen LogP contribution is 2.32. The van der Waals surface area contributed by atoms with Gasteiger partial charge in [-0.05, 0) is 107 Å². The summed E-state index contributed by atoms with van der Waals surface area (Å²) in [7, 11) is 3.18. The lowest BCUT2D eigenvalue weighted by atomic mass is 9.97. The molecular weight excluding hydrogens is 478 g/mol. The molecule has 0 aliphatic carbocycles. The van der Waals surface area contributed by atoms with Gasteiger partial charge in [-0.3, -0.25) is 9.69 Å². The van der Waals surface area contributed by atoms with Crippen molar-refractivity contribution in [2.45, 2.75) is 65.0 Å². The SMILES string of the molecule is COc1cc(OC)cc(C(=O)N[C@@H]2CCN(C(C)c3ccc(OCCCCN4CCCC4)c(C)c3C)C2)c1. The Morgan fingerprint density at radius 3 is 2.39 bits per heavy atom. The number of ether oxygens (including phenoxy) is 3. The van der Waals surface area contributed by atoms with Gasteiger partial charge in [-0.25, -0.2) is 0 Å². The van der Waals surface area contributed by atoms with Crippen LogP contribution < -0.4 is 19.5 Å². The molecule has 0 aromatic heterocycles. The molecule has 0 radical (unpaired) electrons. The smallest absolute Gasteiger partial charge is 0.251 e. The lowest BCUT2D eigenvalue weighted by Gasteiger charge is -2.27. The third-order valence-electron chi connectivity index (χ3n) is 8.27. The molecule has 4 rings (SSSR count). The number of unbranched alkanes of at least 4 members (excludes halogenated alkanes) is 1. The minimum atomic E-state index is -0.101. The van der Waals surface area contributed by atoms with Gasteiger partial charge in [0.15, 0.2) is 0 Å². The Balaban J connectivity index is 1.29. The number of methoxy groups -OCH3 is 2. The summed E-state index contributed by atoms with van der Waals surface area (Å²) in [4.78, 5) is 18.0. The van der Waals surface area contributed by atoms with Crippen LogP contribution in [0, 0.1) is 13.8 Å². The van der Waals surface area contributed by atoms with Crippen LogP contribution in [-0.4, -0.2) is 75.3 Å². The van der Waals surface area contributed by atoms with Crippen LogP contribution in [0.15, 0.2) is 30.3 Å². The Morgan fingerprint density at radius 2 is 1.71 bits per heavy atom. The van der Waals surface area contributed by atoms with Gasteiger partial charge in [0.05, 0.1) is 20.8 Å². The van der Waals surface area contributed by atoms with Crippen LogP contribution in [0.4, 0.5) is 0 Å². The highest BCUT2D eigenvalue weighted by Gasteiger charge is 2.29. The molecule has 2 atom stereocenters. The monoisotopic (exact) mass is 523 g/mol. The zero-order chi connectivity index (χ0) is 27.1. The van der Waals surface area contributed by atoms with E-state index in [2.05, 4.69) is 48.0 Å². The topological polar surface area (TPSA) is 63.3 Å². The molecule has 7 nitrogen and oxygen atoms in total. The molecule has 0 bridgehead atoms. The lowest BCUT2D eigenvalue weighted by Crippen LogP contribution is -2.37. The Labute approximate surface area is 228 Å². The summed E-state index contributed by atoms with van der Waals surface area (Å²) in [5.74, 6) is 2.11. The number of rotatable bonds is 12. The van der Waals surface area contributed by atoms with Crippen molar-refractivity contribution in [1.29, 1.82) is 0 Å². The quantitative estimate of drug-likeness (QED) is 0.389. The second-order valence-electron chi connectivity index (χ2n) is 10.7. The number of hydrogen-bond acceptors (Lipinski definition) is 6. The second kappa shape index (κ2) is 13.3. The van der Waals surface area contributed by atoms with Gasteiger partial charge < -0.3 is 24.4 Å². The van der Waals surface area contributed by atoms with Crippen LogP contribution >= 0.6 is 0 Å². The van der Waals surface area contributed by atoms with E-state index in [1.54, 1.807) is 32.4 Å². The molecule has 2 saturated heterocycles. The Hall–Kier alpha value is -2.77. The molecule has 2 aliphatic rings. The molecule has 208 valence electrons. The minimum Gasteiger partial charge on any atom is -0.497 e. The van der Waals surface area contributed by atoms with Crippen LogP contribution in [-0.2, 0) is 0 Å². The number of likely N-dealkylation sites (tertiary alicyclic amines) is 2. The molecule has 1 amide bonds. The molecule has 2 aromatic carbocycles. The molecule has 7 heteroatoms. The van der Waals surface area contributed by atoms with Gasteiger partial charge in [-0.1, -0.05) is 6.07 Å². The van der Waals surface area contributed by atoms with E-state index >= 15 is 0 Å². The van der Waals surface area contributed by atoms with Crippen molar-refractivity contribution in [2.24, 2.45) is 0 Å². The summed E-state index contributed by atoms with van der Waals surface area (Å²) in [6.07, 6.45) is 5.92. The number of carbonyl (C=O) groups excluding carboxylic acids is 1. The predicted octanol–water partition coefficient (Wildman–Crippen LogP) is 5.14. The van der Waals surface area contributed by atoms with Gasteiger partial charge in [0, 0.05) is 36.8 Å².